The van der Waals surface area contributed by atoms with Crippen LogP contribution in [0.2, 0.25) is 15.1 Å². The number of hydrogen-bond donors (Lipinski definition) is 3. The number of benzene rings is 3. The fraction of sp³-hybridized carbons (Fsp3) is 0.250. The average molecular weight is 662 g/mol. The zero-order chi connectivity index (χ0) is 29.6. The molecule has 0 aromatic heterocycles. The van der Waals surface area contributed by atoms with Crippen LogP contribution < -0.4 is 16.0 Å². The van der Waals surface area contributed by atoms with Gasteiger partial charge in [-0.3, -0.25) is 14.4 Å². The first-order valence-corrected chi connectivity index (χ1v) is 14.3. The summed E-state index contributed by atoms with van der Waals surface area (Å²) in [4.78, 5) is 38.2. The van der Waals surface area contributed by atoms with Crippen LogP contribution in [-0.4, -0.2) is 22.1 Å². The molecule has 214 valence electrons. The normalized spacial score (nSPS) is 18.9. The Morgan fingerprint density at radius 3 is 2.24 bits per heavy atom. The van der Waals surface area contributed by atoms with E-state index < -0.39 is 51.2 Å². The molecule has 0 radical (unpaired) electrons. The molecule has 0 unspecified atom stereocenters. The SMILES string of the molecule is O=C(CC1CC1)Nc1c(F)ccc(NC(=O)c2cc(NC(=O)[C@H]3[C@H](c4ccc(Cl)c(Cl)c4)C3(Cl)Cl)ccc2Cl)c1F. The lowest BCUT2D eigenvalue weighted by molar-refractivity contribution is -0.117. The van der Waals surface area contributed by atoms with E-state index in [2.05, 4.69) is 16.0 Å². The number of nitrogens with one attached hydrogen (secondary N) is 3. The second kappa shape index (κ2) is 11.6. The molecule has 2 fully saturated rings. The Kier molecular flexibility index (Phi) is 8.43. The minimum Gasteiger partial charge on any atom is -0.326 e. The second-order valence-corrected chi connectivity index (χ2v) is 12.6. The number of halogens is 7. The topological polar surface area (TPSA) is 87.3 Å². The van der Waals surface area contributed by atoms with Gasteiger partial charge in [0.1, 0.15) is 15.8 Å². The number of alkyl halides is 2. The summed E-state index contributed by atoms with van der Waals surface area (Å²) in [5.74, 6) is -5.19. The first kappa shape index (κ1) is 29.9. The van der Waals surface area contributed by atoms with Gasteiger partial charge in [0.05, 0.1) is 32.2 Å². The van der Waals surface area contributed by atoms with Crippen LogP contribution in [0, 0.1) is 23.5 Å². The van der Waals surface area contributed by atoms with Crippen LogP contribution in [0.3, 0.4) is 0 Å². The molecule has 2 aliphatic carbocycles. The van der Waals surface area contributed by atoms with Crippen molar-refractivity contribution in [3.8, 4) is 0 Å². The first-order valence-electron chi connectivity index (χ1n) is 12.4. The van der Waals surface area contributed by atoms with E-state index in [-0.39, 0.29) is 39.3 Å². The van der Waals surface area contributed by atoms with Gasteiger partial charge in [0.15, 0.2) is 5.82 Å². The van der Waals surface area contributed by atoms with Gasteiger partial charge in [-0.25, -0.2) is 8.78 Å². The fourth-order valence-corrected chi connectivity index (χ4v) is 5.84. The van der Waals surface area contributed by atoms with Gasteiger partial charge in [0.2, 0.25) is 11.8 Å². The smallest absolute Gasteiger partial charge is 0.257 e. The summed E-state index contributed by atoms with van der Waals surface area (Å²) in [7, 11) is 0. The van der Waals surface area contributed by atoms with Gasteiger partial charge in [0.25, 0.3) is 5.91 Å². The number of anilines is 3. The highest BCUT2D eigenvalue weighted by atomic mass is 35.5. The van der Waals surface area contributed by atoms with Crippen LogP contribution in [-0.2, 0) is 9.59 Å². The van der Waals surface area contributed by atoms with Crippen molar-refractivity contribution in [3.63, 3.8) is 0 Å². The van der Waals surface area contributed by atoms with Gasteiger partial charge in [-0.15, -0.1) is 23.2 Å². The van der Waals surface area contributed by atoms with Crippen molar-refractivity contribution in [3.05, 3.63) is 86.4 Å². The largest absolute Gasteiger partial charge is 0.326 e. The third-order valence-electron chi connectivity index (χ3n) is 6.89. The Morgan fingerprint density at radius 1 is 0.854 bits per heavy atom. The van der Waals surface area contributed by atoms with Crippen LogP contribution in [0.5, 0.6) is 0 Å². The molecule has 0 bridgehead atoms. The number of rotatable bonds is 8. The molecule has 3 aromatic carbocycles. The molecular weight excluding hydrogens is 642 g/mol. The van der Waals surface area contributed by atoms with E-state index in [9.17, 15) is 18.8 Å². The van der Waals surface area contributed by atoms with Gasteiger partial charge >= 0.3 is 0 Å². The minimum absolute atomic E-state index is 0.00474. The van der Waals surface area contributed by atoms with Crippen molar-refractivity contribution in [2.75, 3.05) is 16.0 Å². The van der Waals surface area contributed by atoms with Crippen LogP contribution in [0.4, 0.5) is 25.8 Å². The van der Waals surface area contributed by atoms with Crippen LogP contribution >= 0.6 is 58.0 Å². The summed E-state index contributed by atoms with van der Waals surface area (Å²) in [5.41, 5.74) is -0.314. The molecule has 0 aliphatic heterocycles. The summed E-state index contributed by atoms with van der Waals surface area (Å²) in [6.07, 6.45) is 1.95. The van der Waals surface area contributed by atoms with Crippen molar-refractivity contribution < 1.29 is 23.2 Å². The van der Waals surface area contributed by atoms with Crippen molar-refractivity contribution in [1.29, 1.82) is 0 Å². The van der Waals surface area contributed by atoms with E-state index in [0.29, 0.717) is 10.6 Å². The third-order valence-corrected chi connectivity index (χ3v) is 8.90. The van der Waals surface area contributed by atoms with Crippen molar-refractivity contribution in [2.24, 2.45) is 11.8 Å². The third kappa shape index (κ3) is 6.42. The molecule has 6 nitrogen and oxygen atoms in total. The Morgan fingerprint density at radius 2 is 1.56 bits per heavy atom. The van der Waals surface area contributed by atoms with E-state index in [1.807, 2.05) is 0 Å². The highest BCUT2D eigenvalue weighted by molar-refractivity contribution is 6.53. The first-order chi connectivity index (χ1) is 19.4. The van der Waals surface area contributed by atoms with E-state index in [1.165, 1.54) is 18.2 Å². The zero-order valence-electron chi connectivity index (χ0n) is 20.8. The van der Waals surface area contributed by atoms with Crippen molar-refractivity contribution in [1.82, 2.24) is 0 Å². The molecule has 41 heavy (non-hydrogen) atoms. The Bertz CT molecular complexity index is 1580. The monoisotopic (exact) mass is 659 g/mol. The average Bonchev–Trinajstić information content (AvgIpc) is 3.82. The highest BCUT2D eigenvalue weighted by Gasteiger charge is 2.67. The minimum atomic E-state index is -1.40. The van der Waals surface area contributed by atoms with E-state index >= 15 is 4.39 Å². The lowest BCUT2D eigenvalue weighted by Crippen LogP contribution is -2.19. The maximum absolute atomic E-state index is 15.1. The fourth-order valence-electron chi connectivity index (χ4n) is 4.50. The molecule has 0 heterocycles. The quantitative estimate of drug-likeness (QED) is 0.212. The van der Waals surface area contributed by atoms with E-state index in [0.717, 1.165) is 25.0 Å². The van der Waals surface area contributed by atoms with Gasteiger partial charge in [0, 0.05) is 18.0 Å². The predicted molar refractivity (Wildman–Crippen MR) is 157 cm³/mol. The molecule has 13 heteroatoms. The van der Waals surface area contributed by atoms with E-state index in [4.69, 9.17) is 58.0 Å². The molecule has 2 aliphatic rings. The maximum Gasteiger partial charge on any atom is 0.257 e. The van der Waals surface area contributed by atoms with Crippen molar-refractivity contribution in [2.45, 2.75) is 29.5 Å². The van der Waals surface area contributed by atoms with Crippen LogP contribution in [0.25, 0.3) is 0 Å². The molecule has 0 spiro atoms. The summed E-state index contributed by atoms with van der Waals surface area (Å²) >= 11 is 31.1. The standard InChI is InChI=1S/C28H20Cl5F2N3O3/c29-16-6-4-14(36-27(41)23-22(28(23,32)33)13-3-5-17(30)18(31)10-13)11-15(16)26(40)37-20-8-7-19(34)25(24(20)35)38-21(39)9-12-1-2-12/h3-8,10-12,22-23H,1-2,9H2,(H,36,41)(H,37,40)(H,38,39)/t22-,23+/m0/s1. The summed E-state index contributed by atoms with van der Waals surface area (Å²) in [6.45, 7) is 0. The number of carbonyl (C=O) groups excluding carboxylic acids is 3. The second-order valence-electron chi connectivity index (χ2n) is 9.92. The van der Waals surface area contributed by atoms with E-state index in [1.54, 1.807) is 18.2 Å². The van der Waals surface area contributed by atoms with Gasteiger partial charge in [-0.1, -0.05) is 40.9 Å². The Hall–Kier alpha value is -2.62. The lowest BCUT2D eigenvalue weighted by atomic mass is 10.1. The van der Waals surface area contributed by atoms with Gasteiger partial charge in [-0.05, 0) is 66.8 Å². The van der Waals surface area contributed by atoms with Crippen LogP contribution in [0.1, 0.15) is 41.1 Å². The summed E-state index contributed by atoms with van der Waals surface area (Å²) in [5, 5.41) is 7.88. The molecule has 3 amide bonds. The summed E-state index contributed by atoms with van der Waals surface area (Å²) < 4.78 is 27.9. The molecule has 5 rings (SSSR count). The van der Waals surface area contributed by atoms with Crippen LogP contribution in [0.15, 0.2) is 48.5 Å². The number of hydrogen-bond acceptors (Lipinski definition) is 3. The van der Waals surface area contributed by atoms with Crippen molar-refractivity contribution >= 4 is 92.8 Å². The lowest BCUT2D eigenvalue weighted by Gasteiger charge is -2.13. The Balaban J connectivity index is 1.30. The zero-order valence-corrected chi connectivity index (χ0v) is 24.6. The van der Waals surface area contributed by atoms with Gasteiger partial charge < -0.3 is 16.0 Å². The molecule has 0 saturated heterocycles. The maximum atomic E-state index is 15.1. The molecule has 2 atom stereocenters. The molecular formula is C28H20Cl5F2N3O3. The van der Waals surface area contributed by atoms with Gasteiger partial charge in [-0.2, -0.15) is 0 Å². The number of amides is 3. The molecule has 3 N–H and O–H groups in total. The molecule has 3 aromatic rings. The Labute approximate surface area is 258 Å². The predicted octanol–water partition coefficient (Wildman–Crippen LogP) is 8.44. The molecule has 2 saturated carbocycles. The highest BCUT2D eigenvalue weighted by Crippen LogP contribution is 2.65. The summed E-state index contributed by atoms with van der Waals surface area (Å²) in [6, 6.07) is 10.9. The number of carbonyl (C=O) groups is 3.